The highest BCUT2D eigenvalue weighted by molar-refractivity contribution is 5.96. The van der Waals surface area contributed by atoms with E-state index >= 15 is 0 Å². The molecule has 0 aliphatic rings. The van der Waals surface area contributed by atoms with Crippen LogP contribution in [0.15, 0.2) is 36.4 Å². The van der Waals surface area contributed by atoms with Crippen LogP contribution in [0.25, 0.3) is 0 Å². The lowest BCUT2D eigenvalue weighted by Gasteiger charge is -2.13. The van der Waals surface area contributed by atoms with Gasteiger partial charge in [0.2, 0.25) is 5.91 Å². The maximum atomic E-state index is 12.1. The number of aryl methyl sites for hydroxylation is 2. The zero-order valence-electron chi connectivity index (χ0n) is 16.8. The van der Waals surface area contributed by atoms with Gasteiger partial charge in [0.25, 0.3) is 5.91 Å². The van der Waals surface area contributed by atoms with Crippen LogP contribution in [0.2, 0.25) is 0 Å². The maximum absolute atomic E-state index is 12.1. The molecule has 0 aromatic heterocycles. The first-order valence-corrected chi connectivity index (χ1v) is 8.89. The number of carbonyl (C=O) groups is 3. The van der Waals surface area contributed by atoms with Gasteiger partial charge in [0.1, 0.15) is 11.5 Å². The molecule has 0 fully saturated rings. The van der Waals surface area contributed by atoms with Crippen LogP contribution in [-0.4, -0.2) is 38.1 Å². The van der Waals surface area contributed by atoms with Crippen molar-refractivity contribution in [3.05, 3.63) is 47.5 Å². The van der Waals surface area contributed by atoms with Crippen molar-refractivity contribution in [2.24, 2.45) is 0 Å². The number of nitrogens with one attached hydrogen (secondary N) is 2. The summed E-state index contributed by atoms with van der Waals surface area (Å²) in [6.07, 6.45) is 0. The summed E-state index contributed by atoms with van der Waals surface area (Å²) in [5, 5.41) is 5.20. The van der Waals surface area contributed by atoms with Gasteiger partial charge in [-0.3, -0.25) is 9.59 Å². The Morgan fingerprint density at radius 1 is 0.931 bits per heavy atom. The number of methoxy groups -OCH3 is 1. The largest absolute Gasteiger partial charge is 0.495 e. The number of hydrogen-bond acceptors (Lipinski definition) is 6. The van der Waals surface area contributed by atoms with Gasteiger partial charge in [-0.1, -0.05) is 17.7 Å². The Bertz CT molecular complexity index is 910. The number of benzene rings is 2. The van der Waals surface area contributed by atoms with E-state index in [9.17, 15) is 14.4 Å². The Kier molecular flexibility index (Phi) is 7.59. The van der Waals surface area contributed by atoms with Gasteiger partial charge >= 0.3 is 5.97 Å². The average Bonchev–Trinajstić information content (AvgIpc) is 2.65. The predicted octanol–water partition coefficient (Wildman–Crippen LogP) is 2.83. The summed E-state index contributed by atoms with van der Waals surface area (Å²) >= 11 is 0. The molecule has 2 amide bonds. The van der Waals surface area contributed by atoms with Crippen molar-refractivity contribution < 1.29 is 28.6 Å². The number of ether oxygens (including phenoxy) is 3. The molecule has 0 bridgehead atoms. The Labute approximate surface area is 169 Å². The number of hydrogen-bond donors (Lipinski definition) is 2. The summed E-state index contributed by atoms with van der Waals surface area (Å²) in [4.78, 5) is 35.1. The summed E-state index contributed by atoms with van der Waals surface area (Å²) in [7, 11) is 1.45. The monoisotopic (exact) mass is 400 g/mol. The van der Waals surface area contributed by atoms with E-state index in [-0.39, 0.29) is 12.5 Å². The Morgan fingerprint density at radius 3 is 2.31 bits per heavy atom. The first-order valence-electron chi connectivity index (χ1n) is 8.89. The molecule has 2 aromatic rings. The molecule has 0 aliphatic carbocycles. The van der Waals surface area contributed by atoms with Crippen molar-refractivity contribution in [3.8, 4) is 11.5 Å². The van der Waals surface area contributed by atoms with Crippen molar-refractivity contribution in [1.29, 1.82) is 0 Å². The second-order valence-corrected chi connectivity index (χ2v) is 6.36. The van der Waals surface area contributed by atoms with Gasteiger partial charge in [-0.25, -0.2) is 4.79 Å². The van der Waals surface area contributed by atoms with E-state index in [1.165, 1.54) is 14.0 Å². The lowest BCUT2D eigenvalue weighted by Crippen LogP contribution is -2.24. The topological polar surface area (TPSA) is 103 Å². The first kappa shape index (κ1) is 21.7. The molecule has 0 unspecified atom stereocenters. The van der Waals surface area contributed by atoms with Gasteiger partial charge in [0, 0.05) is 12.6 Å². The van der Waals surface area contributed by atoms with Crippen molar-refractivity contribution in [2.45, 2.75) is 20.8 Å². The fourth-order valence-electron chi connectivity index (χ4n) is 2.56. The highest BCUT2D eigenvalue weighted by Crippen LogP contribution is 2.27. The van der Waals surface area contributed by atoms with E-state index < -0.39 is 18.5 Å². The zero-order valence-corrected chi connectivity index (χ0v) is 16.8. The van der Waals surface area contributed by atoms with E-state index in [0.29, 0.717) is 22.9 Å². The molecule has 2 rings (SSSR count). The van der Waals surface area contributed by atoms with Gasteiger partial charge in [0.15, 0.2) is 13.2 Å². The summed E-state index contributed by atoms with van der Waals surface area (Å²) in [6.45, 7) is 4.43. The highest BCUT2D eigenvalue weighted by atomic mass is 16.6. The van der Waals surface area contributed by atoms with Gasteiger partial charge in [-0.2, -0.15) is 0 Å². The number of rotatable bonds is 8. The molecule has 2 aromatic carbocycles. The number of carbonyl (C=O) groups excluding carboxylic acids is 3. The van der Waals surface area contributed by atoms with Crippen LogP contribution in [0.4, 0.5) is 11.4 Å². The lowest BCUT2D eigenvalue weighted by atomic mass is 10.1. The normalized spacial score (nSPS) is 10.1. The smallest absolute Gasteiger partial charge is 0.344 e. The van der Waals surface area contributed by atoms with Gasteiger partial charge < -0.3 is 24.8 Å². The molecular formula is C21H24N2O6. The third kappa shape index (κ3) is 6.84. The van der Waals surface area contributed by atoms with E-state index in [4.69, 9.17) is 14.2 Å². The van der Waals surface area contributed by atoms with E-state index in [2.05, 4.69) is 10.6 Å². The fourth-order valence-corrected chi connectivity index (χ4v) is 2.56. The Balaban J connectivity index is 1.87. The summed E-state index contributed by atoms with van der Waals surface area (Å²) in [6, 6.07) is 10.4. The van der Waals surface area contributed by atoms with E-state index in [0.717, 1.165) is 11.1 Å². The summed E-state index contributed by atoms with van der Waals surface area (Å²) < 4.78 is 15.6. The maximum Gasteiger partial charge on any atom is 0.344 e. The standard InChI is InChI=1S/C21H24N2O6/c1-13-5-7-18(14(2)9-13)28-12-21(26)29-11-20(25)23-17-10-16(22-15(3)24)6-8-19(17)27-4/h5-10H,11-12H2,1-4H3,(H,22,24)(H,23,25). The molecule has 0 heterocycles. The molecule has 0 aliphatic heterocycles. The number of amides is 2. The van der Waals surface area contributed by atoms with Crippen LogP contribution < -0.4 is 20.1 Å². The van der Waals surface area contributed by atoms with Crippen LogP contribution in [-0.2, 0) is 19.1 Å². The first-order chi connectivity index (χ1) is 13.8. The van der Waals surface area contributed by atoms with Crippen molar-refractivity contribution in [1.82, 2.24) is 0 Å². The lowest BCUT2D eigenvalue weighted by molar-refractivity contribution is -0.149. The Hall–Kier alpha value is -3.55. The van der Waals surface area contributed by atoms with Crippen LogP contribution in [0.3, 0.4) is 0 Å². The van der Waals surface area contributed by atoms with Crippen LogP contribution in [0.5, 0.6) is 11.5 Å². The zero-order chi connectivity index (χ0) is 21.4. The number of esters is 1. The minimum Gasteiger partial charge on any atom is -0.495 e. The average molecular weight is 400 g/mol. The Morgan fingerprint density at radius 2 is 1.66 bits per heavy atom. The summed E-state index contributed by atoms with van der Waals surface area (Å²) in [5.74, 6) is -0.485. The molecule has 0 atom stereocenters. The minimum atomic E-state index is -0.668. The number of anilines is 2. The highest BCUT2D eigenvalue weighted by Gasteiger charge is 2.13. The van der Waals surface area contributed by atoms with Gasteiger partial charge in [0.05, 0.1) is 12.8 Å². The van der Waals surface area contributed by atoms with Gasteiger partial charge in [-0.15, -0.1) is 0 Å². The SMILES string of the molecule is COc1ccc(NC(C)=O)cc1NC(=O)COC(=O)COc1ccc(C)cc1C. The molecule has 2 N–H and O–H groups in total. The van der Waals surface area contributed by atoms with Crippen LogP contribution in [0, 0.1) is 13.8 Å². The molecule has 0 saturated carbocycles. The second kappa shape index (κ2) is 10.1. The summed E-state index contributed by atoms with van der Waals surface area (Å²) in [5.41, 5.74) is 2.83. The van der Waals surface area contributed by atoms with Crippen LogP contribution in [0.1, 0.15) is 18.1 Å². The second-order valence-electron chi connectivity index (χ2n) is 6.36. The van der Waals surface area contributed by atoms with Crippen molar-refractivity contribution in [3.63, 3.8) is 0 Å². The van der Waals surface area contributed by atoms with Crippen molar-refractivity contribution in [2.75, 3.05) is 31.0 Å². The quantitative estimate of drug-likeness (QED) is 0.661. The molecular weight excluding hydrogens is 376 g/mol. The third-order valence-electron chi connectivity index (χ3n) is 3.83. The molecule has 8 heteroatoms. The molecule has 29 heavy (non-hydrogen) atoms. The third-order valence-corrected chi connectivity index (χ3v) is 3.83. The molecule has 0 spiro atoms. The minimum absolute atomic E-state index is 0.245. The van der Waals surface area contributed by atoms with E-state index in [1.54, 1.807) is 24.3 Å². The van der Waals surface area contributed by atoms with Crippen LogP contribution >= 0.6 is 0 Å². The molecule has 154 valence electrons. The fraction of sp³-hybridized carbons (Fsp3) is 0.286. The molecule has 8 nitrogen and oxygen atoms in total. The molecule has 0 saturated heterocycles. The molecule has 0 radical (unpaired) electrons. The van der Waals surface area contributed by atoms with E-state index in [1.807, 2.05) is 26.0 Å². The predicted molar refractivity (Wildman–Crippen MR) is 108 cm³/mol. The van der Waals surface area contributed by atoms with Crippen molar-refractivity contribution >= 4 is 29.2 Å². The van der Waals surface area contributed by atoms with Gasteiger partial charge in [-0.05, 0) is 43.7 Å².